The van der Waals surface area contributed by atoms with Gasteiger partial charge in [0.25, 0.3) is 0 Å². The Hall–Kier alpha value is -1.82. The van der Waals surface area contributed by atoms with Crippen molar-refractivity contribution in [3.8, 4) is 5.75 Å². The molecule has 0 aromatic heterocycles. The molecule has 0 saturated carbocycles. The van der Waals surface area contributed by atoms with Gasteiger partial charge in [-0.05, 0) is 45.0 Å². The number of hydrogen-bond donors (Lipinski definition) is 1. The molecule has 6 nitrogen and oxygen atoms in total. The van der Waals surface area contributed by atoms with Gasteiger partial charge in [0, 0.05) is 12.6 Å². The summed E-state index contributed by atoms with van der Waals surface area (Å²) in [6, 6.07) is 5.24. The van der Waals surface area contributed by atoms with E-state index in [1.54, 1.807) is 18.2 Å². The molecule has 0 aliphatic carbocycles. The Morgan fingerprint density at radius 3 is 2.75 bits per heavy atom. The molecule has 1 heterocycles. The highest BCUT2D eigenvalue weighted by atomic mass is 16.6. The highest BCUT2D eigenvalue weighted by molar-refractivity contribution is 5.68. The summed E-state index contributed by atoms with van der Waals surface area (Å²) in [6.07, 6.45) is 2.48. The second-order valence-corrected chi connectivity index (χ2v) is 5.17. The summed E-state index contributed by atoms with van der Waals surface area (Å²) in [7, 11) is 1.44. The van der Waals surface area contributed by atoms with Gasteiger partial charge in [-0.2, -0.15) is 0 Å². The van der Waals surface area contributed by atoms with Crippen LogP contribution in [0.25, 0.3) is 0 Å². The van der Waals surface area contributed by atoms with E-state index in [0.717, 1.165) is 19.6 Å². The summed E-state index contributed by atoms with van der Waals surface area (Å²) >= 11 is 0. The second kappa shape index (κ2) is 6.56. The largest absolute Gasteiger partial charge is 0.490 e. The maximum Gasteiger partial charge on any atom is 0.333 e. The van der Waals surface area contributed by atoms with Crippen molar-refractivity contribution in [3.63, 3.8) is 0 Å². The summed E-state index contributed by atoms with van der Waals surface area (Å²) in [6.45, 7) is 5.17. The topological polar surface area (TPSA) is 67.6 Å². The van der Waals surface area contributed by atoms with Crippen molar-refractivity contribution in [3.05, 3.63) is 28.3 Å². The fraction of sp³-hybridized carbons (Fsp3) is 0.571. The number of anilines is 1. The second-order valence-electron chi connectivity index (χ2n) is 5.17. The van der Waals surface area contributed by atoms with E-state index in [1.807, 2.05) is 6.92 Å². The van der Waals surface area contributed by atoms with Crippen LogP contribution in [0.5, 0.6) is 5.75 Å². The zero-order valence-corrected chi connectivity index (χ0v) is 12.0. The Morgan fingerprint density at radius 2 is 2.15 bits per heavy atom. The van der Waals surface area contributed by atoms with Crippen molar-refractivity contribution in [2.75, 3.05) is 32.1 Å². The Bertz CT molecular complexity index is 473. The summed E-state index contributed by atoms with van der Waals surface area (Å²) in [4.78, 5) is 13.2. The highest BCUT2D eigenvalue weighted by Gasteiger charge is 2.22. The number of ether oxygens (including phenoxy) is 1. The number of nitro groups is 1. The maximum absolute atomic E-state index is 11.2. The first-order valence-corrected chi connectivity index (χ1v) is 6.92. The molecule has 0 spiro atoms. The Kier molecular flexibility index (Phi) is 4.79. The van der Waals surface area contributed by atoms with Gasteiger partial charge < -0.3 is 15.0 Å². The van der Waals surface area contributed by atoms with Gasteiger partial charge >= 0.3 is 5.69 Å². The van der Waals surface area contributed by atoms with Gasteiger partial charge in [-0.3, -0.25) is 10.1 Å². The molecular weight excluding hydrogens is 258 g/mol. The van der Waals surface area contributed by atoms with E-state index in [0.29, 0.717) is 5.69 Å². The molecule has 1 aromatic carbocycles. The van der Waals surface area contributed by atoms with Crippen molar-refractivity contribution < 1.29 is 9.66 Å². The van der Waals surface area contributed by atoms with Crippen molar-refractivity contribution in [2.24, 2.45) is 0 Å². The molecule has 1 unspecified atom stereocenters. The van der Waals surface area contributed by atoms with Gasteiger partial charge in [0.15, 0.2) is 5.75 Å². The van der Waals surface area contributed by atoms with Crippen molar-refractivity contribution >= 4 is 11.4 Å². The number of methoxy groups -OCH3 is 1. The van der Waals surface area contributed by atoms with Crippen LogP contribution in [0.2, 0.25) is 0 Å². The molecule has 0 bridgehead atoms. The number of likely N-dealkylation sites (tertiary alicyclic amines) is 1. The Labute approximate surface area is 118 Å². The van der Waals surface area contributed by atoms with Crippen LogP contribution in [0.4, 0.5) is 11.4 Å². The molecule has 1 aliphatic rings. The summed E-state index contributed by atoms with van der Waals surface area (Å²) < 4.78 is 5.07. The van der Waals surface area contributed by atoms with E-state index in [-0.39, 0.29) is 17.5 Å². The number of hydrogen-bond acceptors (Lipinski definition) is 5. The van der Waals surface area contributed by atoms with Crippen LogP contribution in [0.3, 0.4) is 0 Å². The normalized spacial score (nSPS) is 16.9. The van der Waals surface area contributed by atoms with E-state index >= 15 is 0 Å². The fourth-order valence-corrected chi connectivity index (χ4v) is 2.66. The van der Waals surface area contributed by atoms with Crippen LogP contribution >= 0.6 is 0 Å². The minimum atomic E-state index is -0.399. The van der Waals surface area contributed by atoms with Gasteiger partial charge in [0.1, 0.15) is 5.69 Å². The molecule has 1 atom stereocenters. The number of nitro benzene ring substituents is 1. The number of benzene rings is 1. The fourth-order valence-electron chi connectivity index (χ4n) is 2.66. The van der Waals surface area contributed by atoms with Crippen LogP contribution in [0.15, 0.2) is 18.2 Å². The van der Waals surface area contributed by atoms with Gasteiger partial charge in [-0.25, -0.2) is 0 Å². The Morgan fingerprint density at radius 1 is 1.45 bits per heavy atom. The van der Waals surface area contributed by atoms with Gasteiger partial charge in [0.05, 0.1) is 12.0 Å². The number of nitrogens with zero attached hydrogens (tertiary/aromatic N) is 2. The van der Waals surface area contributed by atoms with Crippen LogP contribution in [0, 0.1) is 10.1 Å². The SMILES string of the molecule is COc1cccc(NC(C)CN2CCCC2)c1[N+](=O)[O-]. The molecule has 20 heavy (non-hydrogen) atoms. The lowest BCUT2D eigenvalue weighted by Crippen LogP contribution is -2.33. The van der Waals surface area contributed by atoms with E-state index in [1.165, 1.54) is 20.0 Å². The maximum atomic E-state index is 11.2. The lowest BCUT2D eigenvalue weighted by molar-refractivity contribution is -0.384. The molecule has 1 aliphatic heterocycles. The number of para-hydroxylation sites is 1. The standard InChI is InChI=1S/C14H21N3O3/c1-11(10-16-8-3-4-9-16)15-12-6-5-7-13(20-2)14(12)17(18)19/h5-7,11,15H,3-4,8-10H2,1-2H3. The zero-order chi connectivity index (χ0) is 14.5. The van der Waals surface area contributed by atoms with Gasteiger partial charge in [0.2, 0.25) is 0 Å². The molecule has 110 valence electrons. The van der Waals surface area contributed by atoms with Crippen molar-refractivity contribution in [1.82, 2.24) is 4.90 Å². The van der Waals surface area contributed by atoms with Gasteiger partial charge in [-0.1, -0.05) is 6.07 Å². The number of rotatable bonds is 6. The van der Waals surface area contributed by atoms with E-state index < -0.39 is 4.92 Å². The molecule has 2 rings (SSSR count). The lowest BCUT2D eigenvalue weighted by atomic mass is 10.2. The van der Waals surface area contributed by atoms with Crippen LogP contribution < -0.4 is 10.1 Å². The minimum Gasteiger partial charge on any atom is -0.490 e. The van der Waals surface area contributed by atoms with Crippen LogP contribution in [-0.2, 0) is 0 Å². The summed E-state index contributed by atoms with van der Waals surface area (Å²) in [5.41, 5.74) is 0.518. The molecule has 1 aromatic rings. The van der Waals surface area contributed by atoms with Gasteiger partial charge in [-0.15, -0.1) is 0 Å². The molecule has 1 fully saturated rings. The van der Waals surface area contributed by atoms with Crippen molar-refractivity contribution in [1.29, 1.82) is 0 Å². The molecule has 6 heteroatoms. The third-order valence-electron chi connectivity index (χ3n) is 3.53. The van der Waals surface area contributed by atoms with Crippen LogP contribution in [0.1, 0.15) is 19.8 Å². The van der Waals surface area contributed by atoms with E-state index in [4.69, 9.17) is 4.74 Å². The molecule has 0 amide bonds. The predicted octanol–water partition coefficient (Wildman–Crippen LogP) is 2.50. The average molecular weight is 279 g/mol. The average Bonchev–Trinajstić information content (AvgIpc) is 2.90. The molecule has 1 N–H and O–H groups in total. The summed E-state index contributed by atoms with van der Waals surface area (Å²) in [5.74, 6) is 0.286. The lowest BCUT2D eigenvalue weighted by Gasteiger charge is -2.22. The zero-order valence-electron chi connectivity index (χ0n) is 12.0. The predicted molar refractivity (Wildman–Crippen MR) is 78.4 cm³/mol. The monoisotopic (exact) mass is 279 g/mol. The Balaban J connectivity index is 2.09. The smallest absolute Gasteiger partial charge is 0.333 e. The third kappa shape index (κ3) is 3.39. The molecule has 0 radical (unpaired) electrons. The highest BCUT2D eigenvalue weighted by Crippen LogP contribution is 2.34. The molecular formula is C14H21N3O3. The third-order valence-corrected chi connectivity index (χ3v) is 3.53. The van der Waals surface area contributed by atoms with E-state index in [9.17, 15) is 10.1 Å². The number of nitrogens with one attached hydrogen (secondary N) is 1. The first-order valence-electron chi connectivity index (χ1n) is 6.92. The quantitative estimate of drug-likeness (QED) is 0.640. The van der Waals surface area contributed by atoms with Crippen LogP contribution in [-0.4, -0.2) is 42.6 Å². The first-order chi connectivity index (χ1) is 9.61. The van der Waals surface area contributed by atoms with Crippen molar-refractivity contribution in [2.45, 2.75) is 25.8 Å². The van der Waals surface area contributed by atoms with E-state index in [2.05, 4.69) is 10.2 Å². The minimum absolute atomic E-state index is 0.00303. The first kappa shape index (κ1) is 14.6. The molecule has 1 saturated heterocycles. The summed E-state index contributed by atoms with van der Waals surface area (Å²) in [5, 5.41) is 14.4.